The van der Waals surface area contributed by atoms with Crippen LogP contribution in [0, 0.1) is 17.3 Å². The van der Waals surface area contributed by atoms with E-state index in [1.54, 1.807) is 24.3 Å². The molecule has 3 atom stereocenters. The van der Waals surface area contributed by atoms with Crippen LogP contribution in [0.25, 0.3) is 0 Å². The van der Waals surface area contributed by atoms with Crippen molar-refractivity contribution in [1.29, 1.82) is 0 Å². The van der Waals surface area contributed by atoms with Crippen molar-refractivity contribution >= 4 is 11.8 Å². The summed E-state index contributed by atoms with van der Waals surface area (Å²) in [7, 11) is 0. The van der Waals surface area contributed by atoms with Crippen LogP contribution < -0.4 is 0 Å². The number of carbonyl (C=O) groups is 2. The summed E-state index contributed by atoms with van der Waals surface area (Å²) in [6.07, 6.45) is 6.11. The lowest BCUT2D eigenvalue weighted by Gasteiger charge is -2.35. The smallest absolute Gasteiger partial charge is 0.337 e. The molecule has 0 aromatic carbocycles. The zero-order valence-corrected chi connectivity index (χ0v) is 15.5. The van der Waals surface area contributed by atoms with Gasteiger partial charge in [0.2, 0.25) is 0 Å². The standard InChI is InChI=1S/C21H26O4/c1-11-12(2)20(25-19(11)23)24-10-16-14-8-13-6-5-7-21(3,4)18(13)15(14)9-17(16)22/h10,14-15,20H,5-9H2,1-4H3/b16-10+/t14-,15-,20+/m0/s1. The van der Waals surface area contributed by atoms with Crippen LogP contribution in [0.5, 0.6) is 0 Å². The van der Waals surface area contributed by atoms with Gasteiger partial charge >= 0.3 is 5.97 Å². The molecule has 0 radical (unpaired) electrons. The van der Waals surface area contributed by atoms with Crippen molar-refractivity contribution in [3.05, 3.63) is 34.1 Å². The lowest BCUT2D eigenvalue weighted by Crippen LogP contribution is -2.23. The largest absolute Gasteiger partial charge is 0.458 e. The Bertz CT molecular complexity index is 750. The molecule has 1 aliphatic heterocycles. The van der Waals surface area contributed by atoms with Crippen molar-refractivity contribution < 1.29 is 19.1 Å². The lowest BCUT2D eigenvalue weighted by molar-refractivity contribution is -0.153. The van der Waals surface area contributed by atoms with Crippen LogP contribution in [0.1, 0.15) is 59.8 Å². The number of allylic oxidation sites excluding steroid dienone is 3. The highest BCUT2D eigenvalue weighted by molar-refractivity contribution is 5.99. The molecule has 134 valence electrons. The number of Topliss-reactive ketones (excluding diaryl/α,β-unsaturated/α-hetero) is 1. The van der Waals surface area contributed by atoms with Gasteiger partial charge in [0.25, 0.3) is 6.29 Å². The number of fused-ring (bicyclic) bond motifs is 2. The molecular weight excluding hydrogens is 316 g/mol. The molecular formula is C21H26O4. The van der Waals surface area contributed by atoms with E-state index < -0.39 is 6.29 Å². The molecule has 0 unspecified atom stereocenters. The number of ketones is 1. The summed E-state index contributed by atoms with van der Waals surface area (Å²) in [5.74, 6) is 0.441. The van der Waals surface area contributed by atoms with Gasteiger partial charge in [-0.05, 0) is 50.9 Å². The third-order valence-corrected chi connectivity index (χ3v) is 6.62. The SMILES string of the molecule is CC1=C(C)[C@H](O/C=C2/C(=O)C[C@@H]3C4=C(CCCC4(C)C)C[C@H]23)OC1=O. The minimum Gasteiger partial charge on any atom is -0.458 e. The second kappa shape index (κ2) is 5.58. The highest BCUT2D eigenvalue weighted by Gasteiger charge is 2.50. The number of carbonyl (C=O) groups excluding carboxylic acids is 2. The third-order valence-electron chi connectivity index (χ3n) is 6.62. The van der Waals surface area contributed by atoms with Crippen molar-refractivity contribution in [2.75, 3.05) is 0 Å². The quantitative estimate of drug-likeness (QED) is 0.326. The molecule has 0 bridgehead atoms. The predicted octanol–water partition coefficient (Wildman–Crippen LogP) is 4.22. The predicted molar refractivity (Wildman–Crippen MR) is 93.3 cm³/mol. The first-order valence-electron chi connectivity index (χ1n) is 9.29. The number of hydrogen-bond acceptors (Lipinski definition) is 4. The molecule has 3 aliphatic carbocycles. The summed E-state index contributed by atoms with van der Waals surface area (Å²) in [4.78, 5) is 24.2. The van der Waals surface area contributed by atoms with E-state index in [1.807, 2.05) is 6.92 Å². The fourth-order valence-electron chi connectivity index (χ4n) is 5.20. The second-order valence-electron chi connectivity index (χ2n) is 8.55. The highest BCUT2D eigenvalue weighted by atomic mass is 16.7. The minimum atomic E-state index is -0.688. The van der Waals surface area contributed by atoms with Crippen molar-refractivity contribution in [3.8, 4) is 0 Å². The molecule has 1 fully saturated rings. The van der Waals surface area contributed by atoms with Gasteiger partial charge in [-0.25, -0.2) is 4.79 Å². The van der Waals surface area contributed by atoms with Gasteiger partial charge in [0.15, 0.2) is 5.78 Å². The molecule has 0 spiro atoms. The number of rotatable bonds is 2. The summed E-state index contributed by atoms with van der Waals surface area (Å²) < 4.78 is 10.9. The first-order chi connectivity index (χ1) is 11.8. The van der Waals surface area contributed by atoms with E-state index in [-0.39, 0.29) is 23.1 Å². The van der Waals surface area contributed by atoms with Gasteiger partial charge in [-0.3, -0.25) is 4.79 Å². The van der Waals surface area contributed by atoms with Crippen molar-refractivity contribution in [2.24, 2.45) is 17.3 Å². The fraction of sp³-hybridized carbons (Fsp3) is 0.619. The van der Waals surface area contributed by atoms with Gasteiger partial charge in [0.1, 0.15) is 0 Å². The molecule has 1 heterocycles. The van der Waals surface area contributed by atoms with Crippen LogP contribution >= 0.6 is 0 Å². The summed E-state index contributed by atoms with van der Waals surface area (Å²) in [5.41, 5.74) is 5.49. The zero-order chi connectivity index (χ0) is 17.9. The molecule has 0 saturated heterocycles. The average molecular weight is 342 g/mol. The number of cyclic esters (lactones) is 1. The van der Waals surface area contributed by atoms with E-state index in [1.165, 1.54) is 19.3 Å². The fourth-order valence-corrected chi connectivity index (χ4v) is 5.20. The van der Waals surface area contributed by atoms with Gasteiger partial charge in [0.05, 0.1) is 6.26 Å². The highest BCUT2D eigenvalue weighted by Crippen LogP contribution is 2.58. The Kier molecular flexibility index (Phi) is 3.71. The second-order valence-corrected chi connectivity index (χ2v) is 8.55. The number of ether oxygens (including phenoxy) is 2. The maximum absolute atomic E-state index is 12.6. The van der Waals surface area contributed by atoms with E-state index in [9.17, 15) is 9.59 Å². The van der Waals surface area contributed by atoms with Crippen LogP contribution in [0.4, 0.5) is 0 Å². The molecule has 25 heavy (non-hydrogen) atoms. The Hall–Kier alpha value is -1.84. The third kappa shape index (κ3) is 2.49. The molecule has 4 aliphatic rings. The summed E-state index contributed by atoms with van der Waals surface area (Å²) in [5, 5.41) is 0. The minimum absolute atomic E-state index is 0.186. The monoisotopic (exact) mass is 342 g/mol. The van der Waals surface area contributed by atoms with Crippen LogP contribution in [-0.2, 0) is 19.1 Å². The van der Waals surface area contributed by atoms with Gasteiger partial charge in [-0.15, -0.1) is 0 Å². The summed E-state index contributed by atoms with van der Waals surface area (Å²) >= 11 is 0. The van der Waals surface area contributed by atoms with Gasteiger partial charge in [-0.1, -0.05) is 25.0 Å². The maximum atomic E-state index is 12.6. The van der Waals surface area contributed by atoms with Crippen LogP contribution in [-0.4, -0.2) is 18.0 Å². The normalized spacial score (nSPS) is 35.4. The van der Waals surface area contributed by atoms with Crippen LogP contribution in [0.2, 0.25) is 0 Å². The summed E-state index contributed by atoms with van der Waals surface area (Å²) in [6, 6.07) is 0. The van der Waals surface area contributed by atoms with Crippen molar-refractivity contribution in [3.63, 3.8) is 0 Å². The molecule has 4 heteroatoms. The first kappa shape index (κ1) is 16.6. The number of esters is 1. The molecule has 4 nitrogen and oxygen atoms in total. The number of hydrogen-bond donors (Lipinski definition) is 0. The average Bonchev–Trinajstić information content (AvgIpc) is 3.12. The molecule has 0 aromatic heterocycles. The van der Waals surface area contributed by atoms with E-state index >= 15 is 0 Å². The molecule has 4 rings (SSSR count). The topological polar surface area (TPSA) is 52.6 Å². The first-order valence-corrected chi connectivity index (χ1v) is 9.29. The van der Waals surface area contributed by atoms with Gasteiger partial charge in [0, 0.05) is 29.1 Å². The Morgan fingerprint density at radius 3 is 2.60 bits per heavy atom. The van der Waals surface area contributed by atoms with E-state index in [4.69, 9.17) is 9.47 Å². The Morgan fingerprint density at radius 1 is 1.16 bits per heavy atom. The molecule has 0 N–H and O–H groups in total. The Balaban J connectivity index is 1.56. The van der Waals surface area contributed by atoms with Crippen LogP contribution in [0.15, 0.2) is 34.1 Å². The van der Waals surface area contributed by atoms with Crippen LogP contribution in [0.3, 0.4) is 0 Å². The maximum Gasteiger partial charge on any atom is 0.337 e. The van der Waals surface area contributed by atoms with Gasteiger partial charge in [-0.2, -0.15) is 0 Å². The molecule has 1 saturated carbocycles. The summed E-state index contributed by atoms with van der Waals surface area (Å²) in [6.45, 7) is 8.21. The molecule has 0 amide bonds. The lowest BCUT2D eigenvalue weighted by atomic mass is 9.70. The molecule has 0 aromatic rings. The Labute approximate surface area is 148 Å². The van der Waals surface area contributed by atoms with E-state index in [0.29, 0.717) is 17.9 Å². The van der Waals surface area contributed by atoms with Crippen molar-refractivity contribution in [1.82, 2.24) is 0 Å². The van der Waals surface area contributed by atoms with Gasteiger partial charge < -0.3 is 9.47 Å². The Morgan fingerprint density at radius 2 is 1.92 bits per heavy atom. The van der Waals surface area contributed by atoms with E-state index in [2.05, 4.69) is 13.8 Å². The van der Waals surface area contributed by atoms with Crippen molar-refractivity contribution in [2.45, 2.75) is 66.1 Å². The zero-order valence-electron chi connectivity index (χ0n) is 15.5. The van der Waals surface area contributed by atoms with E-state index in [0.717, 1.165) is 17.6 Å².